The van der Waals surface area contributed by atoms with Crippen molar-refractivity contribution in [2.45, 2.75) is 29.6 Å². The van der Waals surface area contributed by atoms with E-state index in [1.165, 1.54) is 22.5 Å². The smallest absolute Gasteiger partial charge is 0.207 e. The number of nitrogens with zero attached hydrogens (tertiary/aromatic N) is 2. The van der Waals surface area contributed by atoms with Crippen LogP contribution in [0.4, 0.5) is 4.39 Å². The van der Waals surface area contributed by atoms with Gasteiger partial charge in [-0.2, -0.15) is 8.61 Å². The zero-order chi connectivity index (χ0) is 20.4. The zero-order valence-electron chi connectivity index (χ0n) is 15.6. The number of hydrogen-bond donors (Lipinski definition) is 0. The summed E-state index contributed by atoms with van der Waals surface area (Å²) >= 11 is 0. The molecule has 0 bridgehead atoms. The molecule has 1 heterocycles. The third-order valence-electron chi connectivity index (χ3n) is 4.75. The van der Waals surface area contributed by atoms with Crippen molar-refractivity contribution in [1.29, 1.82) is 0 Å². The van der Waals surface area contributed by atoms with E-state index >= 15 is 0 Å². The average Bonchev–Trinajstić information content (AvgIpc) is 2.69. The standard InChI is InChI=1S/C19H23FN2O4S2/c1-2-5-16-8-10-17(11-9-16)27(23,24)21-12-14-22(15-13-21)28(25,26)19-7-4-3-6-18(19)20/h3-4,6-11H,2,5,12-15H2,1H3. The van der Waals surface area contributed by atoms with Crippen molar-refractivity contribution in [1.82, 2.24) is 8.61 Å². The van der Waals surface area contributed by atoms with E-state index in [1.54, 1.807) is 24.3 Å². The Labute approximate surface area is 165 Å². The molecule has 2 aromatic carbocycles. The minimum absolute atomic E-state index is 0.0206. The van der Waals surface area contributed by atoms with Crippen LogP contribution in [-0.4, -0.2) is 51.6 Å². The first kappa shape index (κ1) is 20.9. The van der Waals surface area contributed by atoms with Gasteiger partial charge in [0.2, 0.25) is 20.0 Å². The van der Waals surface area contributed by atoms with Gasteiger partial charge in [0, 0.05) is 26.2 Å². The average molecular weight is 427 g/mol. The summed E-state index contributed by atoms with van der Waals surface area (Å²) in [6, 6.07) is 12.0. The molecule has 6 nitrogen and oxygen atoms in total. The molecule has 0 saturated carbocycles. The van der Waals surface area contributed by atoms with Gasteiger partial charge in [0.25, 0.3) is 0 Å². The molecule has 0 unspecified atom stereocenters. The molecule has 0 aliphatic carbocycles. The number of rotatable bonds is 6. The third-order valence-corrected chi connectivity index (χ3v) is 8.60. The Hall–Kier alpha value is -1.81. The molecular formula is C19H23FN2O4S2. The summed E-state index contributed by atoms with van der Waals surface area (Å²) in [5.41, 5.74) is 1.07. The molecule has 0 N–H and O–H groups in total. The minimum Gasteiger partial charge on any atom is -0.207 e. The zero-order valence-corrected chi connectivity index (χ0v) is 17.2. The largest absolute Gasteiger partial charge is 0.246 e. The highest BCUT2D eigenvalue weighted by Crippen LogP contribution is 2.23. The third kappa shape index (κ3) is 4.12. The van der Waals surface area contributed by atoms with E-state index in [2.05, 4.69) is 6.92 Å². The van der Waals surface area contributed by atoms with Gasteiger partial charge in [-0.3, -0.25) is 0 Å². The van der Waals surface area contributed by atoms with E-state index in [0.29, 0.717) is 0 Å². The lowest BCUT2D eigenvalue weighted by atomic mass is 10.1. The number of halogens is 1. The molecule has 0 amide bonds. The van der Waals surface area contributed by atoms with Crippen LogP contribution in [0.3, 0.4) is 0 Å². The Kier molecular flexibility index (Phi) is 6.18. The highest BCUT2D eigenvalue weighted by atomic mass is 32.2. The van der Waals surface area contributed by atoms with Crippen molar-refractivity contribution < 1.29 is 21.2 Å². The molecular weight excluding hydrogens is 403 g/mol. The summed E-state index contributed by atoms with van der Waals surface area (Å²) in [6.07, 6.45) is 1.86. The van der Waals surface area contributed by atoms with Crippen molar-refractivity contribution in [3.05, 3.63) is 59.9 Å². The Morgan fingerprint density at radius 2 is 1.36 bits per heavy atom. The first-order valence-corrected chi connectivity index (χ1v) is 12.0. The summed E-state index contributed by atoms with van der Waals surface area (Å²) < 4.78 is 67.3. The van der Waals surface area contributed by atoms with Crippen LogP contribution in [0.15, 0.2) is 58.3 Å². The van der Waals surface area contributed by atoms with Crippen LogP contribution in [0.1, 0.15) is 18.9 Å². The predicted molar refractivity (Wildman–Crippen MR) is 104 cm³/mol. The number of sulfonamides is 2. The lowest BCUT2D eigenvalue weighted by molar-refractivity contribution is 0.272. The fourth-order valence-electron chi connectivity index (χ4n) is 3.21. The Morgan fingerprint density at radius 1 is 0.821 bits per heavy atom. The maximum absolute atomic E-state index is 13.9. The van der Waals surface area contributed by atoms with E-state index in [9.17, 15) is 21.2 Å². The Morgan fingerprint density at radius 3 is 1.89 bits per heavy atom. The number of benzene rings is 2. The minimum atomic E-state index is -4.00. The molecule has 0 atom stereocenters. The molecule has 152 valence electrons. The lowest BCUT2D eigenvalue weighted by Crippen LogP contribution is -2.50. The van der Waals surface area contributed by atoms with Crippen LogP contribution in [-0.2, 0) is 26.5 Å². The maximum Gasteiger partial charge on any atom is 0.246 e. The lowest BCUT2D eigenvalue weighted by Gasteiger charge is -2.33. The van der Waals surface area contributed by atoms with E-state index in [1.807, 2.05) is 0 Å². The fourth-order valence-corrected chi connectivity index (χ4v) is 6.12. The molecule has 0 radical (unpaired) electrons. The van der Waals surface area contributed by atoms with Crippen LogP contribution >= 0.6 is 0 Å². The van der Waals surface area contributed by atoms with Gasteiger partial charge in [0.15, 0.2) is 0 Å². The van der Waals surface area contributed by atoms with Crippen molar-refractivity contribution in [3.8, 4) is 0 Å². The van der Waals surface area contributed by atoms with Crippen molar-refractivity contribution in [2.24, 2.45) is 0 Å². The number of aryl methyl sites for hydroxylation is 1. The Balaban J connectivity index is 1.73. The summed E-state index contributed by atoms with van der Waals surface area (Å²) in [5.74, 6) is -0.815. The predicted octanol–water partition coefficient (Wildman–Crippen LogP) is 2.47. The topological polar surface area (TPSA) is 74.8 Å². The van der Waals surface area contributed by atoms with Crippen LogP contribution in [0, 0.1) is 5.82 Å². The second kappa shape index (κ2) is 8.28. The van der Waals surface area contributed by atoms with Crippen molar-refractivity contribution >= 4 is 20.0 Å². The van der Waals surface area contributed by atoms with Gasteiger partial charge in [-0.15, -0.1) is 0 Å². The van der Waals surface area contributed by atoms with Crippen LogP contribution in [0.5, 0.6) is 0 Å². The van der Waals surface area contributed by atoms with Crippen LogP contribution in [0.25, 0.3) is 0 Å². The quantitative estimate of drug-likeness (QED) is 0.711. The normalized spacial score (nSPS) is 16.9. The monoisotopic (exact) mass is 426 g/mol. The fraction of sp³-hybridized carbons (Fsp3) is 0.368. The molecule has 1 saturated heterocycles. The molecule has 1 fully saturated rings. The van der Waals surface area contributed by atoms with Gasteiger partial charge in [0.05, 0.1) is 4.90 Å². The van der Waals surface area contributed by atoms with Gasteiger partial charge in [-0.1, -0.05) is 37.6 Å². The molecule has 0 spiro atoms. The molecule has 9 heteroatoms. The second-order valence-electron chi connectivity index (χ2n) is 6.63. The number of piperazine rings is 1. The SMILES string of the molecule is CCCc1ccc(S(=O)(=O)N2CCN(S(=O)(=O)c3ccccc3F)CC2)cc1. The first-order chi connectivity index (χ1) is 13.3. The summed E-state index contributed by atoms with van der Waals surface area (Å²) in [6.45, 7) is 2.05. The van der Waals surface area contributed by atoms with Crippen LogP contribution in [0.2, 0.25) is 0 Å². The van der Waals surface area contributed by atoms with Crippen LogP contribution < -0.4 is 0 Å². The summed E-state index contributed by atoms with van der Waals surface area (Å²) in [7, 11) is -7.70. The molecule has 1 aliphatic heterocycles. The number of hydrogen-bond acceptors (Lipinski definition) is 4. The van der Waals surface area contributed by atoms with Gasteiger partial charge in [0.1, 0.15) is 10.7 Å². The van der Waals surface area contributed by atoms with Gasteiger partial charge in [-0.25, -0.2) is 21.2 Å². The molecule has 3 rings (SSSR count). The van der Waals surface area contributed by atoms with Gasteiger partial charge >= 0.3 is 0 Å². The van der Waals surface area contributed by atoms with Crippen molar-refractivity contribution in [3.63, 3.8) is 0 Å². The maximum atomic E-state index is 13.9. The van der Waals surface area contributed by atoms with E-state index in [4.69, 9.17) is 0 Å². The molecule has 0 aromatic heterocycles. The van der Waals surface area contributed by atoms with Gasteiger partial charge in [-0.05, 0) is 36.2 Å². The first-order valence-electron chi connectivity index (χ1n) is 9.10. The highest BCUT2D eigenvalue weighted by molar-refractivity contribution is 7.89. The molecule has 2 aromatic rings. The molecule has 1 aliphatic rings. The Bertz CT molecular complexity index is 1030. The van der Waals surface area contributed by atoms with Crippen molar-refractivity contribution in [2.75, 3.05) is 26.2 Å². The van der Waals surface area contributed by atoms with Gasteiger partial charge < -0.3 is 0 Å². The van der Waals surface area contributed by atoms with E-state index in [0.717, 1.165) is 28.8 Å². The molecule has 28 heavy (non-hydrogen) atoms. The summed E-state index contributed by atoms with van der Waals surface area (Å²) in [4.78, 5) is -0.199. The highest BCUT2D eigenvalue weighted by Gasteiger charge is 2.34. The summed E-state index contributed by atoms with van der Waals surface area (Å²) in [5, 5.41) is 0. The second-order valence-corrected chi connectivity index (χ2v) is 10.5. The van der Waals surface area contributed by atoms with E-state index in [-0.39, 0.29) is 31.1 Å². The van der Waals surface area contributed by atoms with E-state index < -0.39 is 30.8 Å².